The van der Waals surface area contributed by atoms with Gasteiger partial charge in [-0.3, -0.25) is 4.79 Å². The average molecular weight is 1160 g/mol. The van der Waals surface area contributed by atoms with E-state index in [4.69, 9.17) is 61.6 Å². The van der Waals surface area contributed by atoms with Crippen LogP contribution in [-0.2, 0) is 66.4 Å². The number of rotatable bonds is 18. The van der Waals surface area contributed by atoms with Crippen LogP contribution in [0.4, 0.5) is 0 Å². The molecule has 21 N–H and O–H groups in total. The van der Waals surface area contributed by atoms with E-state index in [1.54, 1.807) is 0 Å². The topological polar surface area (TPSA) is 554 Å². The minimum absolute atomic E-state index is 0.948. The predicted octanol–water partition coefficient (Wildman–Crippen LogP) is -14.1. The van der Waals surface area contributed by atoms with Crippen molar-refractivity contribution >= 4 is 5.91 Å². The summed E-state index contributed by atoms with van der Waals surface area (Å²) in [5.41, 5.74) is 0. The molecule has 0 aromatic rings. The van der Waals surface area contributed by atoms with E-state index in [1.807, 2.05) is 0 Å². The molecule has 35 nitrogen and oxygen atoms in total. The number of nitrogens with one attached hydrogen (secondary N) is 1. The van der Waals surface area contributed by atoms with Gasteiger partial charge in [-0.05, 0) is 13.8 Å². The van der Waals surface area contributed by atoms with Crippen molar-refractivity contribution in [3.8, 4) is 0 Å². The second kappa shape index (κ2) is 27.5. The molecule has 460 valence electrons. The highest BCUT2D eigenvalue weighted by molar-refractivity contribution is 5.73. The molecule has 0 saturated carbocycles. The van der Waals surface area contributed by atoms with E-state index < -0.39 is 254 Å². The van der Waals surface area contributed by atoms with Crippen LogP contribution in [0.25, 0.3) is 0 Å². The smallest absolute Gasteiger partial charge is 0.217 e. The maximum absolute atomic E-state index is 13.4. The van der Waals surface area contributed by atoms with Gasteiger partial charge < -0.3 is 169 Å². The first-order valence-electron chi connectivity index (χ1n) is 25.4. The number of amides is 1. The molecule has 0 aromatic heterocycles. The molecule has 7 aliphatic rings. The Labute approximate surface area is 447 Å². The molecule has 1 amide bonds. The zero-order valence-corrected chi connectivity index (χ0v) is 42.4. The molecular weight excluding hydrogens is 1090 g/mol. The molecule has 35 heteroatoms. The van der Waals surface area contributed by atoms with Crippen molar-refractivity contribution in [2.75, 3.05) is 33.0 Å². The van der Waals surface area contributed by atoms with Crippen molar-refractivity contribution in [3.63, 3.8) is 0 Å². The van der Waals surface area contributed by atoms with E-state index in [9.17, 15) is 107 Å². The molecule has 7 fully saturated rings. The van der Waals surface area contributed by atoms with Gasteiger partial charge in [-0.15, -0.1) is 0 Å². The molecule has 0 aliphatic carbocycles. The van der Waals surface area contributed by atoms with Crippen LogP contribution in [0.2, 0.25) is 0 Å². The van der Waals surface area contributed by atoms with Gasteiger partial charge in [-0.2, -0.15) is 0 Å². The third-order valence-electron chi connectivity index (χ3n) is 14.9. The number of aliphatic hydroxyl groups is 20. The molecule has 0 bridgehead atoms. The Morgan fingerprint density at radius 1 is 0.329 bits per heavy atom. The van der Waals surface area contributed by atoms with Gasteiger partial charge in [-0.1, -0.05) is 0 Å². The Morgan fingerprint density at radius 2 is 0.696 bits per heavy atom. The average Bonchev–Trinajstić information content (AvgIpc) is 3.54. The maximum atomic E-state index is 13.4. The van der Waals surface area contributed by atoms with Gasteiger partial charge in [0, 0.05) is 6.92 Å². The van der Waals surface area contributed by atoms with Crippen molar-refractivity contribution in [2.24, 2.45) is 0 Å². The zero-order chi connectivity index (χ0) is 58.2. The second-order valence-electron chi connectivity index (χ2n) is 20.3. The summed E-state index contributed by atoms with van der Waals surface area (Å²) >= 11 is 0. The monoisotopic (exact) mass is 1160 g/mol. The zero-order valence-electron chi connectivity index (χ0n) is 42.4. The Bertz CT molecular complexity index is 1900. The second-order valence-corrected chi connectivity index (χ2v) is 20.3. The third kappa shape index (κ3) is 13.5. The molecule has 7 heterocycles. The van der Waals surface area contributed by atoms with E-state index in [0.29, 0.717) is 0 Å². The number of hydrogen-bond donors (Lipinski definition) is 21. The Balaban J connectivity index is 1.31. The normalized spacial score (nSPS) is 52.9. The van der Waals surface area contributed by atoms with Crippen LogP contribution < -0.4 is 5.32 Å². The lowest BCUT2D eigenvalue weighted by Gasteiger charge is -2.53. The van der Waals surface area contributed by atoms with Gasteiger partial charge in [-0.25, -0.2) is 0 Å². The van der Waals surface area contributed by atoms with Gasteiger partial charge in [0.25, 0.3) is 0 Å². The van der Waals surface area contributed by atoms with Crippen molar-refractivity contribution in [2.45, 2.75) is 236 Å². The van der Waals surface area contributed by atoms with Gasteiger partial charge >= 0.3 is 0 Å². The minimum atomic E-state index is -2.28. The first-order valence-corrected chi connectivity index (χ1v) is 25.4. The summed E-state index contributed by atoms with van der Waals surface area (Å²) in [7, 11) is 0. The summed E-state index contributed by atoms with van der Waals surface area (Å²) in [6, 6.07) is -1.99. The van der Waals surface area contributed by atoms with E-state index in [0.717, 1.165) is 6.92 Å². The fraction of sp³-hybridized carbons (Fsp3) is 0.977. The highest BCUT2D eigenvalue weighted by Crippen LogP contribution is 2.40. The maximum Gasteiger partial charge on any atom is 0.217 e. The molecule has 0 radical (unpaired) electrons. The fourth-order valence-electron chi connectivity index (χ4n) is 10.3. The van der Waals surface area contributed by atoms with Crippen LogP contribution >= 0.6 is 0 Å². The van der Waals surface area contributed by atoms with E-state index in [2.05, 4.69) is 5.32 Å². The number of ether oxygens (including phenoxy) is 13. The van der Waals surface area contributed by atoms with Crippen LogP contribution in [-0.4, -0.2) is 356 Å². The highest BCUT2D eigenvalue weighted by Gasteiger charge is 2.60. The number of carbonyl (C=O) groups excluding carboxylic acids is 1. The predicted molar refractivity (Wildman–Crippen MR) is 241 cm³/mol. The van der Waals surface area contributed by atoms with Crippen LogP contribution in [0.15, 0.2) is 0 Å². The lowest BCUT2D eigenvalue weighted by atomic mass is 9.93. The SMILES string of the molecule is CC(=O)N[C@H]1[C@H](O[C@H]2[C@@H](O)[C@@H](CO)O[C@@H](O[C@H]3[C@H](O)[C@@H](O)C(O)O[C@@H]3CO)[C@@H]2O)O[C@H](CO)[C@@H](O[C@@H]2O[C@@H](C)[C@@H](O)[C@@H](O)[C@@H]2O)[C@@H]1O[C@@H]1O[C@H](CO)[C@H](O)[C@H](O[C@H]2O[C@H](CO)[C@H](O)[C@H](O)[C@H]2O)[C@H]1O[C@@H]1O[C@@H](C)[C@@H](O)[C@@H](O)[C@@H]1O. The minimum Gasteiger partial charge on any atom is -0.394 e. The standard InChI is InChI=1S/C44H75NO34/c1-9-18(52)23(57)28(62)40(67-9)75-33-16(8-50)73-39(77-35-21(55)13(5-47)71-43(31(35)65)74-32-15(7-49)69-38(66)27(61)26(32)60)17(45-11(3)51)34(33)76-44-37(79-41-29(63)24(58)19(53)10(2)68-41)36(22(56)14(6-48)72-44)78-42-30(64)25(59)20(54)12(4-46)70-42/h9-10,12-44,46-50,52-66H,4-8H2,1-3H3,(H,45,51)/t9-,10-,12+,13+,14+,15+,16+,17+,18+,19+,20-,21-,22-,23+,24+,25-,26+,27+,28-,29-,30+,31+,32+,33+,34+,35-,36-,37+,38?,39-,40-,41-,42+,43-,44-/m0/s1. The van der Waals surface area contributed by atoms with Gasteiger partial charge in [0.1, 0.15) is 159 Å². The number of hydrogen-bond acceptors (Lipinski definition) is 34. The summed E-state index contributed by atoms with van der Waals surface area (Å²) < 4.78 is 76.7. The quantitative estimate of drug-likeness (QED) is 0.0606. The van der Waals surface area contributed by atoms with Crippen LogP contribution in [0.5, 0.6) is 0 Å². The first kappa shape index (κ1) is 64.7. The molecule has 1 unspecified atom stereocenters. The van der Waals surface area contributed by atoms with Crippen molar-refractivity contribution < 1.29 is 169 Å². The van der Waals surface area contributed by atoms with Crippen LogP contribution in [0.3, 0.4) is 0 Å². The van der Waals surface area contributed by atoms with Crippen molar-refractivity contribution in [1.29, 1.82) is 0 Å². The molecule has 0 aromatic carbocycles. The Hall–Kier alpha value is -1.85. The van der Waals surface area contributed by atoms with Crippen molar-refractivity contribution in [3.05, 3.63) is 0 Å². The molecular formula is C44H75NO34. The molecule has 79 heavy (non-hydrogen) atoms. The van der Waals surface area contributed by atoms with E-state index in [1.165, 1.54) is 13.8 Å². The lowest BCUT2D eigenvalue weighted by molar-refractivity contribution is -0.411. The van der Waals surface area contributed by atoms with Crippen LogP contribution in [0, 0.1) is 0 Å². The van der Waals surface area contributed by atoms with Gasteiger partial charge in [0.05, 0.1) is 45.2 Å². The highest BCUT2D eigenvalue weighted by atomic mass is 16.8. The lowest BCUT2D eigenvalue weighted by Crippen LogP contribution is -2.72. The molecule has 7 saturated heterocycles. The summed E-state index contributed by atoms with van der Waals surface area (Å²) in [6.45, 7) is -1.77. The fourth-order valence-corrected chi connectivity index (χ4v) is 10.3. The molecule has 0 spiro atoms. The Kier molecular flexibility index (Phi) is 22.5. The number of carbonyl (C=O) groups is 1. The van der Waals surface area contributed by atoms with Crippen molar-refractivity contribution in [1.82, 2.24) is 5.32 Å². The molecule has 7 rings (SSSR count). The summed E-state index contributed by atoms with van der Waals surface area (Å²) in [5.74, 6) is -0.965. The summed E-state index contributed by atoms with van der Waals surface area (Å²) in [5, 5.41) is 218. The van der Waals surface area contributed by atoms with E-state index >= 15 is 0 Å². The molecule has 35 atom stereocenters. The number of aliphatic hydroxyl groups excluding tert-OH is 20. The Morgan fingerprint density at radius 3 is 1.20 bits per heavy atom. The summed E-state index contributed by atoms with van der Waals surface area (Å²) in [4.78, 5) is 13.4. The van der Waals surface area contributed by atoms with Gasteiger partial charge in [0.15, 0.2) is 44.0 Å². The molecule has 7 aliphatic heterocycles. The summed E-state index contributed by atoms with van der Waals surface area (Å²) in [6.07, 6.45) is -66.9. The van der Waals surface area contributed by atoms with Crippen LogP contribution in [0.1, 0.15) is 20.8 Å². The largest absolute Gasteiger partial charge is 0.394 e. The third-order valence-corrected chi connectivity index (χ3v) is 14.9. The van der Waals surface area contributed by atoms with Gasteiger partial charge in [0.2, 0.25) is 5.91 Å². The first-order chi connectivity index (χ1) is 37.3. The van der Waals surface area contributed by atoms with E-state index in [-0.39, 0.29) is 0 Å².